The van der Waals surface area contributed by atoms with Crippen LogP contribution < -0.4 is 11.3 Å². The standard InChI is InChI=1S/C34H37FN6O5.K/c1-2-6-29-27(17-22-10-9-21(18-28(22)35)25-7-3-4-8-26(25)30-38-33(43)46-39-30)31(42)40(32-36-20-37-41(29)32)23-11-13-24(14-12-23)45-19-34(44)15-5-16-34;/h3-4,7-10,18,20,23-24,44H,2,5-6,11-17,19H2,1H3,(H,38,39,43);. The maximum atomic E-state index is 15.9. The van der Waals surface area contributed by atoms with Crippen LogP contribution >= 0.6 is 0 Å². The van der Waals surface area contributed by atoms with E-state index in [1.165, 1.54) is 12.4 Å². The maximum absolute atomic E-state index is 15.9. The van der Waals surface area contributed by atoms with Gasteiger partial charge in [-0.05, 0) is 74.1 Å². The van der Waals surface area contributed by atoms with Crippen LogP contribution in [0.3, 0.4) is 0 Å². The molecular formula is C34H37FKN6O5. The SMILES string of the molecule is CCCc1c(Cc2ccc(-c3ccccc3-c3noc(=O)[nH]3)cc2F)c(=O)n(C2CCC(OCC3(O)CCC3)CC2)c2ncnn12.[K]. The average molecular weight is 668 g/mol. The predicted octanol–water partition coefficient (Wildman–Crippen LogP) is 4.62. The molecule has 0 spiro atoms. The molecule has 0 amide bonds. The molecule has 2 aromatic carbocycles. The van der Waals surface area contributed by atoms with Crippen molar-refractivity contribution in [1.29, 1.82) is 0 Å². The minimum atomic E-state index is -0.681. The first-order valence-electron chi connectivity index (χ1n) is 16.1. The van der Waals surface area contributed by atoms with Crippen LogP contribution in [0.2, 0.25) is 0 Å². The Morgan fingerprint density at radius 1 is 1.11 bits per heavy atom. The van der Waals surface area contributed by atoms with Crippen LogP contribution in [0.1, 0.15) is 81.2 Å². The van der Waals surface area contributed by atoms with Crippen LogP contribution in [-0.2, 0) is 17.6 Å². The van der Waals surface area contributed by atoms with E-state index >= 15 is 4.39 Å². The second kappa shape index (κ2) is 14.4. The van der Waals surface area contributed by atoms with Gasteiger partial charge in [0.15, 0.2) is 5.82 Å². The second-order valence-electron chi connectivity index (χ2n) is 12.6. The molecule has 2 N–H and O–H groups in total. The summed E-state index contributed by atoms with van der Waals surface area (Å²) in [4.78, 5) is 32.9. The fraction of sp³-hybridized carbons (Fsp3) is 0.441. The number of aromatic nitrogens is 6. The molecule has 0 unspecified atom stereocenters. The molecule has 2 saturated carbocycles. The van der Waals surface area contributed by atoms with E-state index in [4.69, 9.17) is 4.74 Å². The largest absolute Gasteiger partial charge is 0.439 e. The molecule has 11 nitrogen and oxygen atoms in total. The monoisotopic (exact) mass is 667 g/mol. The number of nitrogens with one attached hydrogen (secondary N) is 1. The van der Waals surface area contributed by atoms with Crippen molar-refractivity contribution < 1.29 is 18.8 Å². The third kappa shape index (κ3) is 6.89. The van der Waals surface area contributed by atoms with Crippen LogP contribution in [0, 0.1) is 5.82 Å². The van der Waals surface area contributed by atoms with Gasteiger partial charge in [-0.15, -0.1) is 0 Å². The summed E-state index contributed by atoms with van der Waals surface area (Å²) < 4.78 is 30.1. The fourth-order valence-electron chi connectivity index (χ4n) is 6.89. The van der Waals surface area contributed by atoms with Gasteiger partial charge in [0.05, 0.1) is 24.0 Å². The van der Waals surface area contributed by atoms with Crippen molar-refractivity contribution >= 4 is 57.2 Å². The molecule has 0 atom stereocenters. The third-order valence-corrected chi connectivity index (χ3v) is 9.55. The molecule has 3 heterocycles. The number of hydrogen-bond donors (Lipinski definition) is 2. The zero-order valence-corrected chi connectivity index (χ0v) is 29.9. The molecule has 2 fully saturated rings. The van der Waals surface area contributed by atoms with Crippen molar-refractivity contribution in [1.82, 2.24) is 29.3 Å². The van der Waals surface area contributed by atoms with Crippen molar-refractivity contribution in [3.05, 3.63) is 92.3 Å². The van der Waals surface area contributed by atoms with Gasteiger partial charge in [-0.2, -0.15) is 10.1 Å². The van der Waals surface area contributed by atoms with Gasteiger partial charge in [0.1, 0.15) is 12.1 Å². The van der Waals surface area contributed by atoms with Gasteiger partial charge in [-0.25, -0.2) is 13.7 Å². The summed E-state index contributed by atoms with van der Waals surface area (Å²) in [7, 11) is 0. The number of rotatable bonds is 10. The maximum Gasteiger partial charge on any atom is 0.439 e. The van der Waals surface area contributed by atoms with E-state index < -0.39 is 17.2 Å². The van der Waals surface area contributed by atoms with E-state index in [0.717, 1.165) is 57.1 Å². The number of aryl methyl sites for hydroxylation is 1. The van der Waals surface area contributed by atoms with Crippen molar-refractivity contribution in [3.63, 3.8) is 0 Å². The minimum absolute atomic E-state index is 0. The van der Waals surface area contributed by atoms with Gasteiger partial charge in [0.25, 0.3) is 5.56 Å². The van der Waals surface area contributed by atoms with E-state index in [9.17, 15) is 14.7 Å². The number of nitrogens with zero attached hydrogens (tertiary/aromatic N) is 5. The van der Waals surface area contributed by atoms with E-state index in [1.807, 2.05) is 25.1 Å². The third-order valence-electron chi connectivity index (χ3n) is 9.55. The first-order valence-corrected chi connectivity index (χ1v) is 16.1. The average Bonchev–Trinajstić information content (AvgIpc) is 3.71. The van der Waals surface area contributed by atoms with Crippen LogP contribution in [-0.4, -0.2) is 104 Å². The molecule has 3 aromatic heterocycles. The number of ether oxygens (including phenoxy) is 1. The van der Waals surface area contributed by atoms with Gasteiger partial charge in [0.2, 0.25) is 5.78 Å². The summed E-state index contributed by atoms with van der Waals surface area (Å²) in [5.41, 5.74) is 2.68. The fourth-order valence-corrected chi connectivity index (χ4v) is 6.89. The molecule has 7 rings (SSSR count). The summed E-state index contributed by atoms with van der Waals surface area (Å²) in [5, 5.41) is 18.7. The van der Waals surface area contributed by atoms with Crippen molar-refractivity contribution in [2.75, 3.05) is 6.61 Å². The van der Waals surface area contributed by atoms with Crippen LogP contribution in [0.4, 0.5) is 4.39 Å². The van der Waals surface area contributed by atoms with Crippen LogP contribution in [0.25, 0.3) is 28.3 Å². The van der Waals surface area contributed by atoms with E-state index in [2.05, 4.69) is 24.7 Å². The minimum Gasteiger partial charge on any atom is -0.387 e. The van der Waals surface area contributed by atoms with Gasteiger partial charge in [0, 0.05) is 75.0 Å². The predicted molar refractivity (Wildman–Crippen MR) is 174 cm³/mol. The number of hydrogen-bond acceptors (Lipinski definition) is 8. The Labute approximate surface area is 313 Å². The molecule has 47 heavy (non-hydrogen) atoms. The normalized spacial score (nSPS) is 19.0. The van der Waals surface area contributed by atoms with Gasteiger partial charge in [-0.3, -0.25) is 18.9 Å². The summed E-state index contributed by atoms with van der Waals surface area (Å²) >= 11 is 0. The Bertz CT molecular complexity index is 1990. The molecule has 0 bridgehead atoms. The molecule has 5 aromatic rings. The number of fused-ring (bicyclic) bond motifs is 1. The van der Waals surface area contributed by atoms with Crippen LogP contribution in [0.15, 0.2) is 62.9 Å². The van der Waals surface area contributed by atoms with Crippen molar-refractivity contribution in [2.24, 2.45) is 0 Å². The number of H-pyrrole nitrogens is 1. The van der Waals surface area contributed by atoms with Crippen molar-refractivity contribution in [3.8, 4) is 22.5 Å². The number of halogens is 1. The molecule has 13 heteroatoms. The van der Waals surface area contributed by atoms with E-state index in [0.29, 0.717) is 46.6 Å². The zero-order chi connectivity index (χ0) is 31.8. The van der Waals surface area contributed by atoms with E-state index in [1.54, 1.807) is 27.3 Å². The Morgan fingerprint density at radius 3 is 2.53 bits per heavy atom. The molecule has 1 radical (unpaired) electrons. The van der Waals surface area contributed by atoms with Gasteiger partial charge >= 0.3 is 5.76 Å². The Kier molecular flexibility index (Phi) is 10.4. The summed E-state index contributed by atoms with van der Waals surface area (Å²) in [5.74, 6) is -0.358. The Balaban J connectivity index is 0.00000386. The summed E-state index contributed by atoms with van der Waals surface area (Å²) in [6.07, 6.45) is 8.63. The first-order chi connectivity index (χ1) is 22.3. The second-order valence-corrected chi connectivity index (χ2v) is 12.6. The summed E-state index contributed by atoms with van der Waals surface area (Å²) in [6.45, 7) is 2.40. The molecule has 0 saturated heterocycles. The first kappa shape index (κ1) is 34.1. The summed E-state index contributed by atoms with van der Waals surface area (Å²) in [6, 6.07) is 12.1. The molecular weight excluding hydrogens is 631 g/mol. The van der Waals surface area contributed by atoms with E-state index in [-0.39, 0.29) is 81.3 Å². The Morgan fingerprint density at radius 2 is 1.87 bits per heavy atom. The molecule has 0 aliphatic heterocycles. The van der Waals surface area contributed by atoms with Crippen LogP contribution in [0.5, 0.6) is 0 Å². The molecule has 241 valence electrons. The number of benzene rings is 2. The molecule has 2 aliphatic carbocycles. The smallest absolute Gasteiger partial charge is 0.387 e. The zero-order valence-electron chi connectivity index (χ0n) is 26.7. The van der Waals surface area contributed by atoms with Gasteiger partial charge < -0.3 is 9.84 Å². The topological polar surface area (TPSA) is 141 Å². The van der Waals surface area contributed by atoms with Crippen molar-refractivity contribution in [2.45, 2.75) is 88.9 Å². The van der Waals surface area contributed by atoms with Gasteiger partial charge in [-0.1, -0.05) is 54.9 Å². The number of aliphatic hydroxyl groups is 1. The quantitative estimate of drug-likeness (QED) is 0.206. The molecule has 2 aliphatic rings. The number of aromatic amines is 1. The Hall–Kier alpha value is -2.78.